The topological polar surface area (TPSA) is 0 Å². The van der Waals surface area contributed by atoms with Crippen LogP contribution in [-0.2, 0) is 6.42 Å². The van der Waals surface area contributed by atoms with Gasteiger partial charge in [-0.15, -0.1) is 0 Å². The van der Waals surface area contributed by atoms with E-state index in [4.69, 9.17) is 0 Å². The Balaban J connectivity index is 1.77. The van der Waals surface area contributed by atoms with E-state index in [9.17, 15) is 13.2 Å². The minimum absolute atomic E-state index is 0.218. The average Bonchev–Trinajstić information content (AvgIpc) is 2.67. The summed E-state index contributed by atoms with van der Waals surface area (Å²) in [5, 5.41) is 1.75. The van der Waals surface area contributed by atoms with Crippen molar-refractivity contribution in [1.82, 2.24) is 0 Å². The maximum Gasteiger partial charge on any atom is 0.270 e. The summed E-state index contributed by atoms with van der Waals surface area (Å²) in [7, 11) is 0. The molecule has 0 fully saturated rings. The molecule has 0 aliphatic carbocycles. The number of fused-ring (bicyclic) bond motifs is 1. The maximum atomic E-state index is 14.7. The van der Waals surface area contributed by atoms with Crippen LogP contribution in [0.4, 0.5) is 13.2 Å². The van der Waals surface area contributed by atoms with Crippen LogP contribution < -0.4 is 0 Å². The van der Waals surface area contributed by atoms with Gasteiger partial charge in [-0.1, -0.05) is 69.0 Å². The molecular formula is C25H25F3. The lowest BCUT2D eigenvalue weighted by Gasteiger charge is -2.09. The van der Waals surface area contributed by atoms with Gasteiger partial charge in [0.15, 0.2) is 0 Å². The summed E-state index contributed by atoms with van der Waals surface area (Å²) >= 11 is 0. The van der Waals surface area contributed by atoms with Gasteiger partial charge in [0.1, 0.15) is 5.82 Å². The van der Waals surface area contributed by atoms with E-state index in [0.717, 1.165) is 40.8 Å². The molecule has 0 nitrogen and oxygen atoms in total. The Morgan fingerprint density at radius 3 is 2.32 bits per heavy atom. The lowest BCUT2D eigenvalue weighted by Crippen LogP contribution is -1.91. The molecule has 0 spiro atoms. The van der Waals surface area contributed by atoms with Gasteiger partial charge >= 0.3 is 0 Å². The number of halogens is 3. The lowest BCUT2D eigenvalue weighted by molar-refractivity contribution is 0.429. The largest absolute Gasteiger partial charge is 0.270 e. The zero-order valence-corrected chi connectivity index (χ0v) is 16.2. The fourth-order valence-electron chi connectivity index (χ4n) is 3.53. The van der Waals surface area contributed by atoms with Crippen LogP contribution in [0.2, 0.25) is 0 Å². The Labute approximate surface area is 164 Å². The number of unbranched alkanes of at least 4 members (excludes halogenated alkanes) is 4. The molecule has 0 aliphatic heterocycles. The summed E-state index contributed by atoms with van der Waals surface area (Å²) in [6, 6.07) is 16.2. The summed E-state index contributed by atoms with van der Waals surface area (Å²) in [4.78, 5) is 0. The molecule has 3 aromatic rings. The van der Waals surface area contributed by atoms with Crippen LogP contribution in [0.15, 0.2) is 60.7 Å². The van der Waals surface area contributed by atoms with Crippen molar-refractivity contribution in [2.75, 3.05) is 0 Å². The molecule has 0 saturated carbocycles. The van der Waals surface area contributed by atoms with Gasteiger partial charge in [-0.25, -0.2) is 4.39 Å². The number of aryl methyl sites for hydroxylation is 1. The monoisotopic (exact) mass is 382 g/mol. The van der Waals surface area contributed by atoms with Gasteiger partial charge in [0.25, 0.3) is 6.08 Å². The molecule has 28 heavy (non-hydrogen) atoms. The van der Waals surface area contributed by atoms with E-state index in [1.165, 1.54) is 25.7 Å². The number of benzene rings is 3. The lowest BCUT2D eigenvalue weighted by atomic mass is 9.97. The minimum Gasteiger partial charge on any atom is -0.206 e. The summed E-state index contributed by atoms with van der Waals surface area (Å²) in [5.41, 5.74) is 2.84. The quantitative estimate of drug-likeness (QED) is 0.343. The fourth-order valence-corrected chi connectivity index (χ4v) is 3.53. The maximum absolute atomic E-state index is 14.7. The van der Waals surface area contributed by atoms with E-state index in [-0.39, 0.29) is 5.82 Å². The van der Waals surface area contributed by atoms with E-state index >= 15 is 0 Å². The first-order valence-corrected chi connectivity index (χ1v) is 9.92. The Bertz CT molecular complexity index is 969. The molecule has 0 heterocycles. The fraction of sp³-hybridized carbons (Fsp3) is 0.280. The van der Waals surface area contributed by atoms with Crippen LogP contribution in [0.3, 0.4) is 0 Å². The second kappa shape index (κ2) is 9.59. The second-order valence-corrected chi connectivity index (χ2v) is 7.23. The molecule has 0 N–H and O–H groups in total. The highest BCUT2D eigenvalue weighted by molar-refractivity contribution is 5.89. The van der Waals surface area contributed by atoms with Crippen molar-refractivity contribution in [1.29, 1.82) is 0 Å². The summed E-state index contributed by atoms with van der Waals surface area (Å²) in [5.74, 6) is -0.218. The molecule has 0 atom stereocenters. The number of rotatable bonds is 8. The van der Waals surface area contributed by atoms with E-state index in [1.54, 1.807) is 24.3 Å². The van der Waals surface area contributed by atoms with E-state index in [2.05, 4.69) is 6.92 Å². The Hall–Kier alpha value is -2.55. The third-order valence-corrected chi connectivity index (χ3v) is 5.05. The van der Waals surface area contributed by atoms with Crippen molar-refractivity contribution in [3.8, 4) is 11.1 Å². The predicted octanol–water partition coefficient (Wildman–Crippen LogP) is 8.40. The third-order valence-electron chi connectivity index (χ3n) is 5.05. The smallest absolute Gasteiger partial charge is 0.206 e. The molecule has 3 heteroatoms. The van der Waals surface area contributed by atoms with E-state index < -0.39 is 6.08 Å². The third kappa shape index (κ3) is 5.25. The predicted molar refractivity (Wildman–Crippen MR) is 112 cm³/mol. The van der Waals surface area contributed by atoms with Gasteiger partial charge in [0, 0.05) is 11.6 Å². The Kier molecular flexibility index (Phi) is 6.91. The normalized spacial score (nSPS) is 11.0. The zero-order chi connectivity index (χ0) is 19.9. The van der Waals surface area contributed by atoms with Gasteiger partial charge in [0.2, 0.25) is 0 Å². The van der Waals surface area contributed by atoms with Crippen molar-refractivity contribution >= 4 is 16.8 Å². The van der Waals surface area contributed by atoms with Crippen LogP contribution in [0.25, 0.3) is 28.0 Å². The Morgan fingerprint density at radius 2 is 1.57 bits per heavy atom. The number of hydrogen-bond donors (Lipinski definition) is 0. The van der Waals surface area contributed by atoms with Gasteiger partial charge in [-0.3, -0.25) is 0 Å². The van der Waals surface area contributed by atoms with Crippen LogP contribution >= 0.6 is 0 Å². The molecule has 0 aromatic heterocycles. The highest BCUT2D eigenvalue weighted by Gasteiger charge is 2.08. The van der Waals surface area contributed by atoms with Crippen LogP contribution in [0.1, 0.15) is 50.2 Å². The first kappa shape index (κ1) is 20.2. The summed E-state index contributed by atoms with van der Waals surface area (Å²) in [6.07, 6.45) is 6.02. The van der Waals surface area contributed by atoms with Crippen LogP contribution in [0, 0.1) is 5.82 Å². The molecular weight excluding hydrogens is 357 g/mol. The molecule has 0 aliphatic rings. The minimum atomic E-state index is -1.72. The molecule has 3 aromatic carbocycles. The molecule has 0 radical (unpaired) electrons. The SMILES string of the molecule is CCCCCCCc1ccc(-c2ccc3cc(C=C(F)F)ccc3c2)c(F)c1. The highest BCUT2D eigenvalue weighted by Crippen LogP contribution is 2.28. The second-order valence-electron chi connectivity index (χ2n) is 7.23. The molecule has 0 amide bonds. The van der Waals surface area contributed by atoms with Crippen molar-refractivity contribution in [2.45, 2.75) is 45.4 Å². The molecule has 0 saturated heterocycles. The van der Waals surface area contributed by atoms with Crippen molar-refractivity contribution in [3.05, 3.63) is 77.6 Å². The summed E-state index contributed by atoms with van der Waals surface area (Å²) in [6.45, 7) is 2.20. The highest BCUT2D eigenvalue weighted by atomic mass is 19.3. The van der Waals surface area contributed by atoms with E-state index in [0.29, 0.717) is 11.1 Å². The van der Waals surface area contributed by atoms with Gasteiger partial charge in [0.05, 0.1) is 0 Å². The van der Waals surface area contributed by atoms with Gasteiger partial charge in [-0.2, -0.15) is 8.78 Å². The molecule has 146 valence electrons. The molecule has 0 unspecified atom stereocenters. The molecule has 3 rings (SSSR count). The van der Waals surface area contributed by atoms with Crippen molar-refractivity contribution in [2.24, 2.45) is 0 Å². The standard InChI is InChI=1S/C25H25F3/c1-2-3-4-5-6-7-18-9-13-23(24(26)15-18)22-12-11-20-14-19(16-25(27)28)8-10-21(20)17-22/h8-17H,2-7H2,1H3. The van der Waals surface area contributed by atoms with Crippen LogP contribution in [-0.4, -0.2) is 0 Å². The van der Waals surface area contributed by atoms with Gasteiger partial charge in [-0.05, 0) is 58.5 Å². The van der Waals surface area contributed by atoms with E-state index in [1.807, 2.05) is 30.3 Å². The number of hydrogen-bond acceptors (Lipinski definition) is 0. The van der Waals surface area contributed by atoms with Crippen LogP contribution in [0.5, 0.6) is 0 Å². The van der Waals surface area contributed by atoms with Gasteiger partial charge < -0.3 is 0 Å². The summed E-state index contributed by atoms with van der Waals surface area (Å²) < 4.78 is 39.6. The zero-order valence-electron chi connectivity index (χ0n) is 16.2. The average molecular weight is 382 g/mol. The first-order chi connectivity index (χ1) is 13.6. The van der Waals surface area contributed by atoms with Crippen molar-refractivity contribution < 1.29 is 13.2 Å². The molecule has 0 bridgehead atoms. The van der Waals surface area contributed by atoms with Crippen molar-refractivity contribution in [3.63, 3.8) is 0 Å². The first-order valence-electron chi connectivity index (χ1n) is 9.92. The Morgan fingerprint density at radius 1 is 0.821 bits per heavy atom.